The monoisotopic (exact) mass is 407 g/mol. The molecule has 1 saturated heterocycles. The molecule has 0 spiro atoms. The highest BCUT2D eigenvalue weighted by Crippen LogP contribution is 2.26. The van der Waals surface area contributed by atoms with Crippen LogP contribution in [0.25, 0.3) is 0 Å². The molecule has 30 heavy (non-hydrogen) atoms. The molecule has 2 aliphatic heterocycles. The van der Waals surface area contributed by atoms with Gasteiger partial charge in [-0.1, -0.05) is 6.42 Å². The highest BCUT2D eigenvalue weighted by atomic mass is 16.2. The summed E-state index contributed by atoms with van der Waals surface area (Å²) in [5.41, 5.74) is 3.44. The first-order valence-corrected chi connectivity index (χ1v) is 11.1. The highest BCUT2D eigenvalue weighted by Gasteiger charge is 2.29. The summed E-state index contributed by atoms with van der Waals surface area (Å²) in [6, 6.07) is 0.807. The zero-order valence-corrected chi connectivity index (χ0v) is 17.6. The number of hydrogen-bond acceptors (Lipinski definition) is 7. The van der Waals surface area contributed by atoms with Gasteiger partial charge in [-0.15, -0.1) is 0 Å². The number of carbonyl (C=O) groups excluding carboxylic acids is 1. The molecule has 0 bridgehead atoms. The molecule has 158 valence electrons. The highest BCUT2D eigenvalue weighted by molar-refractivity contribution is 5.92. The molecule has 0 atom stereocenters. The van der Waals surface area contributed by atoms with Crippen LogP contribution in [0.5, 0.6) is 0 Å². The van der Waals surface area contributed by atoms with Crippen LogP contribution in [-0.4, -0.2) is 81.0 Å². The van der Waals surface area contributed by atoms with Crippen LogP contribution in [0.15, 0.2) is 18.6 Å². The molecular weight excluding hydrogens is 378 g/mol. The SMILES string of the molecule is Cc1cnc(C(=O)N2CCc3cnc(N4CCN(C5CCC5)CC4)nc3CC2)cn1. The second kappa shape index (κ2) is 8.26. The maximum atomic E-state index is 12.8. The minimum atomic E-state index is -0.0596. The molecule has 0 N–H and O–H groups in total. The lowest BCUT2D eigenvalue weighted by Crippen LogP contribution is -2.52. The van der Waals surface area contributed by atoms with E-state index in [2.05, 4.69) is 24.8 Å². The van der Waals surface area contributed by atoms with Crippen molar-refractivity contribution in [1.29, 1.82) is 0 Å². The largest absolute Gasteiger partial charge is 0.338 e. The summed E-state index contributed by atoms with van der Waals surface area (Å²) < 4.78 is 0. The molecule has 1 aliphatic carbocycles. The summed E-state index contributed by atoms with van der Waals surface area (Å²) in [7, 11) is 0. The summed E-state index contributed by atoms with van der Waals surface area (Å²) in [6.07, 6.45) is 10.8. The van der Waals surface area contributed by atoms with E-state index < -0.39 is 0 Å². The average Bonchev–Trinajstić information content (AvgIpc) is 2.95. The summed E-state index contributed by atoms with van der Waals surface area (Å²) in [5, 5.41) is 0. The van der Waals surface area contributed by atoms with Gasteiger partial charge in [0.15, 0.2) is 0 Å². The Bertz CT molecular complexity index is 904. The van der Waals surface area contributed by atoms with Crippen LogP contribution in [0.3, 0.4) is 0 Å². The summed E-state index contributed by atoms with van der Waals surface area (Å²) in [5.74, 6) is 0.779. The molecule has 1 amide bonds. The van der Waals surface area contributed by atoms with Crippen molar-refractivity contribution in [1.82, 2.24) is 29.7 Å². The van der Waals surface area contributed by atoms with E-state index in [1.54, 1.807) is 12.4 Å². The first kappa shape index (κ1) is 19.4. The maximum absolute atomic E-state index is 12.8. The van der Waals surface area contributed by atoms with Gasteiger partial charge in [0.1, 0.15) is 5.69 Å². The molecule has 0 aromatic carbocycles. The number of piperazine rings is 1. The number of nitrogens with zero attached hydrogens (tertiary/aromatic N) is 7. The van der Waals surface area contributed by atoms with Crippen molar-refractivity contribution >= 4 is 11.9 Å². The van der Waals surface area contributed by atoms with Crippen LogP contribution in [0.4, 0.5) is 5.95 Å². The third kappa shape index (κ3) is 3.88. The van der Waals surface area contributed by atoms with E-state index in [1.807, 2.05) is 18.0 Å². The predicted molar refractivity (Wildman–Crippen MR) is 114 cm³/mol. The number of anilines is 1. The van der Waals surface area contributed by atoms with Crippen LogP contribution >= 0.6 is 0 Å². The number of hydrogen-bond donors (Lipinski definition) is 0. The van der Waals surface area contributed by atoms with Crippen LogP contribution < -0.4 is 4.90 Å². The normalized spacial score (nSPS) is 20.4. The molecule has 4 heterocycles. The fraction of sp³-hybridized carbons (Fsp3) is 0.591. The van der Waals surface area contributed by atoms with Gasteiger partial charge in [0.2, 0.25) is 5.95 Å². The topological polar surface area (TPSA) is 78.4 Å². The summed E-state index contributed by atoms with van der Waals surface area (Å²) >= 11 is 0. The number of fused-ring (bicyclic) bond motifs is 1. The van der Waals surface area contributed by atoms with Crippen LogP contribution in [0, 0.1) is 6.92 Å². The zero-order chi connectivity index (χ0) is 20.5. The Kier molecular flexibility index (Phi) is 5.33. The van der Waals surface area contributed by atoms with Gasteiger partial charge in [-0.05, 0) is 31.7 Å². The van der Waals surface area contributed by atoms with Crippen molar-refractivity contribution in [2.75, 3.05) is 44.2 Å². The van der Waals surface area contributed by atoms with E-state index in [-0.39, 0.29) is 5.91 Å². The third-order valence-corrected chi connectivity index (χ3v) is 6.69. The van der Waals surface area contributed by atoms with Gasteiger partial charge in [-0.3, -0.25) is 14.7 Å². The Hall–Kier alpha value is -2.61. The molecule has 2 fully saturated rings. The molecule has 0 unspecified atom stereocenters. The maximum Gasteiger partial charge on any atom is 0.274 e. The van der Waals surface area contributed by atoms with Crippen molar-refractivity contribution in [3.05, 3.63) is 41.2 Å². The molecule has 2 aromatic rings. The van der Waals surface area contributed by atoms with Crippen molar-refractivity contribution in [3.8, 4) is 0 Å². The standard InChI is InChI=1S/C22H29N7O/c1-16-13-24-20(15-23-16)21(30)28-7-5-17-14-25-22(26-19(17)6-8-28)29-11-9-27(10-12-29)18-3-2-4-18/h13-15,18H,2-12H2,1H3. The molecule has 1 saturated carbocycles. The van der Waals surface area contributed by atoms with Crippen LogP contribution in [0.2, 0.25) is 0 Å². The Labute approximate surface area is 177 Å². The molecule has 8 heteroatoms. The van der Waals surface area contributed by atoms with Gasteiger partial charge in [0.25, 0.3) is 5.91 Å². The van der Waals surface area contributed by atoms with Gasteiger partial charge < -0.3 is 9.80 Å². The predicted octanol–water partition coefficient (Wildman–Crippen LogP) is 1.49. The summed E-state index contributed by atoms with van der Waals surface area (Å²) in [6.45, 7) is 7.36. The quantitative estimate of drug-likeness (QED) is 0.763. The Morgan fingerprint density at radius 3 is 2.43 bits per heavy atom. The molecule has 8 nitrogen and oxygen atoms in total. The number of carbonyl (C=O) groups is 1. The Morgan fingerprint density at radius 2 is 1.73 bits per heavy atom. The lowest BCUT2D eigenvalue weighted by molar-refractivity contribution is 0.0756. The van der Waals surface area contributed by atoms with E-state index in [9.17, 15) is 4.79 Å². The minimum absolute atomic E-state index is 0.0596. The van der Waals surface area contributed by atoms with Gasteiger partial charge in [-0.25, -0.2) is 15.0 Å². The smallest absolute Gasteiger partial charge is 0.274 e. The van der Waals surface area contributed by atoms with Crippen molar-refractivity contribution < 1.29 is 4.79 Å². The molecule has 0 radical (unpaired) electrons. The number of amides is 1. The summed E-state index contributed by atoms with van der Waals surface area (Å²) in [4.78, 5) is 37.6. The minimum Gasteiger partial charge on any atom is -0.338 e. The van der Waals surface area contributed by atoms with E-state index in [0.717, 1.165) is 68.0 Å². The van der Waals surface area contributed by atoms with E-state index in [4.69, 9.17) is 4.98 Å². The molecule has 5 rings (SSSR count). The fourth-order valence-corrected chi connectivity index (χ4v) is 4.52. The number of aromatic nitrogens is 4. The zero-order valence-electron chi connectivity index (χ0n) is 17.6. The lowest BCUT2D eigenvalue weighted by Gasteiger charge is -2.43. The fourth-order valence-electron chi connectivity index (χ4n) is 4.52. The number of aryl methyl sites for hydroxylation is 1. The van der Waals surface area contributed by atoms with Crippen LogP contribution in [0.1, 0.15) is 46.7 Å². The van der Waals surface area contributed by atoms with Crippen molar-refractivity contribution in [2.45, 2.75) is 45.1 Å². The Morgan fingerprint density at radius 1 is 0.933 bits per heavy atom. The van der Waals surface area contributed by atoms with E-state index in [0.29, 0.717) is 18.8 Å². The molecule has 3 aliphatic rings. The first-order valence-electron chi connectivity index (χ1n) is 11.1. The van der Waals surface area contributed by atoms with E-state index >= 15 is 0 Å². The number of rotatable bonds is 3. The average molecular weight is 408 g/mol. The van der Waals surface area contributed by atoms with Gasteiger partial charge in [0.05, 0.1) is 17.6 Å². The van der Waals surface area contributed by atoms with Gasteiger partial charge >= 0.3 is 0 Å². The van der Waals surface area contributed by atoms with Gasteiger partial charge in [0, 0.05) is 64.1 Å². The second-order valence-electron chi connectivity index (χ2n) is 8.58. The van der Waals surface area contributed by atoms with Crippen LogP contribution in [-0.2, 0) is 12.8 Å². The second-order valence-corrected chi connectivity index (χ2v) is 8.58. The van der Waals surface area contributed by atoms with Crippen molar-refractivity contribution in [3.63, 3.8) is 0 Å². The molecular formula is C22H29N7O. The molecule has 2 aromatic heterocycles. The lowest BCUT2D eigenvalue weighted by atomic mass is 9.91. The van der Waals surface area contributed by atoms with Gasteiger partial charge in [-0.2, -0.15) is 0 Å². The third-order valence-electron chi connectivity index (χ3n) is 6.69. The Balaban J connectivity index is 1.23. The first-order chi connectivity index (χ1) is 14.7. The van der Waals surface area contributed by atoms with Crippen molar-refractivity contribution in [2.24, 2.45) is 0 Å². The van der Waals surface area contributed by atoms with E-state index in [1.165, 1.54) is 19.3 Å².